The van der Waals surface area contributed by atoms with Gasteiger partial charge in [0, 0.05) is 24.0 Å². The van der Waals surface area contributed by atoms with E-state index in [4.69, 9.17) is 4.74 Å². The summed E-state index contributed by atoms with van der Waals surface area (Å²) < 4.78 is 60.7. The van der Waals surface area contributed by atoms with Gasteiger partial charge < -0.3 is 10.1 Å². The second kappa shape index (κ2) is 7.72. The Bertz CT molecular complexity index is 1260. The van der Waals surface area contributed by atoms with Crippen LogP contribution in [0.1, 0.15) is 40.6 Å². The van der Waals surface area contributed by atoms with Crippen molar-refractivity contribution in [1.29, 1.82) is 0 Å². The van der Waals surface area contributed by atoms with Crippen molar-refractivity contribution in [3.8, 4) is 5.75 Å². The molecule has 2 amide bonds. The molecule has 4 heterocycles. The molecule has 2 aliphatic rings. The first kappa shape index (κ1) is 21.2. The van der Waals surface area contributed by atoms with Gasteiger partial charge in [-0.25, -0.2) is 9.18 Å². The van der Waals surface area contributed by atoms with Crippen LogP contribution in [0.25, 0.3) is 0 Å². The highest BCUT2D eigenvalue weighted by Gasteiger charge is 2.39. The van der Waals surface area contributed by atoms with Crippen LogP contribution in [0.15, 0.2) is 42.7 Å². The number of hydrogen-bond acceptors (Lipinski definition) is 4. The van der Waals surface area contributed by atoms with E-state index in [0.29, 0.717) is 29.8 Å². The van der Waals surface area contributed by atoms with Crippen LogP contribution in [-0.4, -0.2) is 16.0 Å². The average Bonchev–Trinajstić information content (AvgIpc) is 2.77. The van der Waals surface area contributed by atoms with E-state index >= 15 is 0 Å². The van der Waals surface area contributed by atoms with Crippen LogP contribution in [-0.2, 0) is 19.1 Å². The van der Waals surface area contributed by atoms with E-state index in [1.54, 1.807) is 13.0 Å². The van der Waals surface area contributed by atoms with Gasteiger partial charge in [0.15, 0.2) is 5.69 Å². The van der Waals surface area contributed by atoms with Gasteiger partial charge in [0.1, 0.15) is 23.4 Å². The molecule has 0 radical (unpaired) electrons. The van der Waals surface area contributed by atoms with Crippen molar-refractivity contribution >= 4 is 17.4 Å². The minimum Gasteiger partial charge on any atom is -0.484 e. The van der Waals surface area contributed by atoms with Gasteiger partial charge in [-0.3, -0.25) is 14.9 Å². The van der Waals surface area contributed by atoms with E-state index in [0.717, 1.165) is 11.8 Å². The van der Waals surface area contributed by atoms with Crippen molar-refractivity contribution in [2.75, 3.05) is 10.2 Å². The van der Waals surface area contributed by atoms with Gasteiger partial charge in [0.25, 0.3) is 0 Å². The lowest BCUT2D eigenvalue weighted by molar-refractivity contribution is -0.141. The standard InChI is InChI=1S/C23H18F4N4O2/c1-12-9-13-4-5-18(20-15(24)3-2-7-28-20)33-19(13)10-17(12)31-11-14-16(30-22(31)32)6-8-29-21(14)23(25,26)27/h2-3,6-10,18H,4-5,11H2,1H3,(H,30,32). The number of carbonyl (C=O) groups excluding carboxylic acids is 1. The van der Waals surface area contributed by atoms with Crippen molar-refractivity contribution < 1.29 is 27.1 Å². The highest BCUT2D eigenvalue weighted by atomic mass is 19.4. The number of halogens is 4. The molecule has 1 atom stereocenters. The Labute approximate surface area is 186 Å². The van der Waals surface area contributed by atoms with Crippen molar-refractivity contribution in [1.82, 2.24) is 9.97 Å². The smallest absolute Gasteiger partial charge is 0.433 e. The molecule has 0 saturated heterocycles. The van der Waals surface area contributed by atoms with Crippen LogP contribution in [0.4, 0.5) is 33.7 Å². The second-order valence-corrected chi connectivity index (χ2v) is 7.96. The molecule has 0 bridgehead atoms. The van der Waals surface area contributed by atoms with Crippen molar-refractivity contribution in [2.45, 2.75) is 38.6 Å². The number of hydrogen-bond donors (Lipinski definition) is 1. The highest BCUT2D eigenvalue weighted by Crippen LogP contribution is 2.41. The van der Waals surface area contributed by atoms with Gasteiger partial charge in [-0.05, 0) is 49.1 Å². The summed E-state index contributed by atoms with van der Waals surface area (Å²) >= 11 is 0. The van der Waals surface area contributed by atoms with Crippen LogP contribution in [0.5, 0.6) is 5.75 Å². The van der Waals surface area contributed by atoms with E-state index < -0.39 is 29.8 Å². The number of nitrogens with one attached hydrogen (secondary N) is 1. The van der Waals surface area contributed by atoms with Gasteiger partial charge in [-0.15, -0.1) is 0 Å². The zero-order chi connectivity index (χ0) is 23.3. The quantitative estimate of drug-likeness (QED) is 0.511. The maximum absolute atomic E-state index is 14.2. The van der Waals surface area contributed by atoms with Crippen molar-refractivity contribution in [3.05, 3.63) is 76.6 Å². The summed E-state index contributed by atoms with van der Waals surface area (Å²) in [5.74, 6) is -0.0322. The maximum atomic E-state index is 14.2. The molecule has 3 aromatic rings. The SMILES string of the molecule is Cc1cc2c(cc1N1Cc3c(ccnc3C(F)(F)F)NC1=O)OC(c1ncccc1F)CC2. The lowest BCUT2D eigenvalue weighted by atomic mass is 9.97. The summed E-state index contributed by atoms with van der Waals surface area (Å²) in [5.41, 5.74) is 1.09. The number of aromatic nitrogens is 2. The first-order valence-corrected chi connectivity index (χ1v) is 10.3. The second-order valence-electron chi connectivity index (χ2n) is 7.96. The fraction of sp³-hybridized carbons (Fsp3) is 0.261. The number of urea groups is 1. The molecule has 1 aromatic carbocycles. The van der Waals surface area contributed by atoms with Gasteiger partial charge in [0.2, 0.25) is 0 Å². The van der Waals surface area contributed by atoms with Crippen molar-refractivity contribution in [3.63, 3.8) is 0 Å². The van der Waals surface area contributed by atoms with Gasteiger partial charge in [-0.2, -0.15) is 13.2 Å². The summed E-state index contributed by atoms with van der Waals surface area (Å²) in [4.78, 5) is 21.6. The molecule has 6 nitrogen and oxygen atoms in total. The highest BCUT2D eigenvalue weighted by molar-refractivity contribution is 6.05. The van der Waals surface area contributed by atoms with Crippen LogP contribution >= 0.6 is 0 Å². The lowest BCUT2D eigenvalue weighted by Gasteiger charge is -2.33. The Hall–Kier alpha value is -3.69. The molecular formula is C23H18F4N4O2. The maximum Gasteiger partial charge on any atom is 0.433 e. The summed E-state index contributed by atoms with van der Waals surface area (Å²) in [5, 5.41) is 2.52. The van der Waals surface area contributed by atoms with Crippen LogP contribution in [0, 0.1) is 12.7 Å². The molecule has 33 heavy (non-hydrogen) atoms. The van der Waals surface area contributed by atoms with E-state index in [2.05, 4.69) is 15.3 Å². The molecule has 0 saturated carbocycles. The number of benzene rings is 1. The first-order valence-electron chi connectivity index (χ1n) is 10.3. The number of pyridine rings is 2. The summed E-state index contributed by atoms with van der Waals surface area (Å²) in [6, 6.07) is 7.04. The third-order valence-electron chi connectivity index (χ3n) is 5.83. The van der Waals surface area contributed by atoms with E-state index in [1.165, 1.54) is 29.3 Å². The van der Waals surface area contributed by atoms with Crippen LogP contribution in [0.2, 0.25) is 0 Å². The molecule has 0 aliphatic carbocycles. The summed E-state index contributed by atoms with van der Waals surface area (Å²) in [6.07, 6.45) is -1.63. The van der Waals surface area contributed by atoms with Gasteiger partial charge in [0.05, 0.1) is 17.9 Å². The fourth-order valence-electron chi connectivity index (χ4n) is 4.28. The normalized spacial score (nSPS) is 17.7. The zero-order valence-corrected chi connectivity index (χ0v) is 17.4. The predicted octanol–water partition coefficient (Wildman–Crippen LogP) is 5.56. The Morgan fingerprint density at radius 3 is 2.76 bits per heavy atom. The van der Waals surface area contributed by atoms with Gasteiger partial charge >= 0.3 is 12.2 Å². The van der Waals surface area contributed by atoms with E-state index in [1.807, 2.05) is 6.07 Å². The number of anilines is 2. The zero-order valence-electron chi connectivity index (χ0n) is 17.4. The number of nitrogens with zero attached hydrogens (tertiary/aromatic N) is 3. The number of fused-ring (bicyclic) bond motifs is 2. The largest absolute Gasteiger partial charge is 0.484 e. The molecule has 10 heteroatoms. The summed E-state index contributed by atoms with van der Waals surface area (Å²) in [7, 11) is 0. The van der Waals surface area contributed by atoms with Gasteiger partial charge in [-0.1, -0.05) is 6.07 Å². The monoisotopic (exact) mass is 458 g/mol. The van der Waals surface area contributed by atoms with E-state index in [-0.39, 0.29) is 23.5 Å². The molecule has 0 fully saturated rings. The van der Waals surface area contributed by atoms with Crippen molar-refractivity contribution in [2.24, 2.45) is 0 Å². The van der Waals surface area contributed by atoms with E-state index in [9.17, 15) is 22.4 Å². The van der Waals surface area contributed by atoms with Crippen LogP contribution in [0.3, 0.4) is 0 Å². The van der Waals surface area contributed by atoms with Crippen LogP contribution < -0.4 is 15.0 Å². The Morgan fingerprint density at radius 2 is 2.00 bits per heavy atom. The lowest BCUT2D eigenvalue weighted by Crippen LogP contribution is -2.40. The number of aryl methyl sites for hydroxylation is 2. The number of alkyl halides is 3. The third-order valence-corrected chi connectivity index (χ3v) is 5.83. The third kappa shape index (κ3) is 3.75. The minimum absolute atomic E-state index is 0.0797. The Kier molecular flexibility index (Phi) is 4.95. The Balaban J connectivity index is 1.51. The average molecular weight is 458 g/mol. The first-order chi connectivity index (χ1) is 15.7. The molecule has 2 aromatic heterocycles. The molecule has 0 spiro atoms. The number of amides is 2. The number of carbonyl (C=O) groups is 1. The minimum atomic E-state index is -4.66. The molecule has 170 valence electrons. The predicted molar refractivity (Wildman–Crippen MR) is 112 cm³/mol. The summed E-state index contributed by atoms with van der Waals surface area (Å²) in [6.45, 7) is 1.47. The molecule has 1 unspecified atom stereocenters. The number of rotatable bonds is 2. The number of ether oxygens (including phenoxy) is 1. The molecule has 2 aliphatic heterocycles. The topological polar surface area (TPSA) is 67.4 Å². The molecule has 1 N–H and O–H groups in total. The fourth-order valence-corrected chi connectivity index (χ4v) is 4.28. The Morgan fingerprint density at radius 1 is 1.18 bits per heavy atom. The molecular weight excluding hydrogens is 440 g/mol. The molecule has 5 rings (SSSR count).